The van der Waals surface area contributed by atoms with Gasteiger partial charge in [-0.15, -0.1) is 0 Å². The Morgan fingerprint density at radius 2 is 1.65 bits per heavy atom. The number of para-hydroxylation sites is 1. The second kappa shape index (κ2) is 11.8. The van der Waals surface area contributed by atoms with Gasteiger partial charge < -0.3 is 15.4 Å². The monoisotopic (exact) mass is 538 g/mol. The highest BCUT2D eigenvalue weighted by Crippen LogP contribution is 2.25. The fraction of sp³-hybridized carbons (Fsp3) is 0.148. The van der Waals surface area contributed by atoms with Crippen LogP contribution in [0.4, 0.5) is 11.4 Å². The summed E-state index contributed by atoms with van der Waals surface area (Å²) in [4.78, 5) is 38.6. The van der Waals surface area contributed by atoms with E-state index in [0.29, 0.717) is 44.7 Å². The molecule has 10 heteroatoms. The summed E-state index contributed by atoms with van der Waals surface area (Å²) in [7, 11) is 0. The minimum atomic E-state index is -0.970. The molecule has 1 heterocycles. The van der Waals surface area contributed by atoms with Crippen LogP contribution in [0.15, 0.2) is 72.8 Å². The maximum absolute atomic E-state index is 13.1. The number of nitrogens with zero attached hydrogens (tertiary/aromatic N) is 1. The van der Waals surface area contributed by atoms with Crippen LogP contribution in [0.1, 0.15) is 30.3 Å². The van der Waals surface area contributed by atoms with Crippen LogP contribution in [-0.2, 0) is 9.59 Å². The average Bonchev–Trinajstić information content (AvgIpc) is 3.23. The largest absolute Gasteiger partial charge is 0.494 e. The third-order valence-electron chi connectivity index (χ3n) is 5.42. The van der Waals surface area contributed by atoms with E-state index in [9.17, 15) is 14.4 Å². The standard InChI is InChI=1S/C27H24Cl2N4O4/c1-2-3-14-37-20-11-9-19(10-12-20)30-26(35)27(36)32-33-23-13-8-18(28)15-17(23)16-24(33)25(34)31-22-7-5-4-6-21(22)29/h4-13,15-16H,2-3,14H2,1H3,(H,30,35)(H,31,34)(H,32,36). The number of unbranched alkanes of at least 4 members (excludes halogenated alkanes) is 1. The van der Waals surface area contributed by atoms with E-state index in [0.717, 1.165) is 12.8 Å². The molecule has 0 saturated heterocycles. The molecule has 0 radical (unpaired) electrons. The lowest BCUT2D eigenvalue weighted by Crippen LogP contribution is -2.36. The third-order valence-corrected chi connectivity index (χ3v) is 5.98. The van der Waals surface area contributed by atoms with Crippen molar-refractivity contribution in [3.8, 4) is 5.75 Å². The predicted octanol–water partition coefficient (Wildman–Crippen LogP) is 6.09. The number of benzene rings is 3. The summed E-state index contributed by atoms with van der Waals surface area (Å²) in [5, 5.41) is 6.66. The molecule has 1 aromatic heterocycles. The molecule has 0 aliphatic carbocycles. The molecular weight excluding hydrogens is 515 g/mol. The summed E-state index contributed by atoms with van der Waals surface area (Å²) in [6, 6.07) is 19.9. The quantitative estimate of drug-likeness (QED) is 0.186. The Kier molecular flexibility index (Phi) is 8.32. The Morgan fingerprint density at radius 3 is 2.38 bits per heavy atom. The number of anilines is 2. The Balaban J connectivity index is 1.52. The lowest BCUT2D eigenvalue weighted by atomic mass is 10.2. The van der Waals surface area contributed by atoms with Crippen LogP contribution in [0.3, 0.4) is 0 Å². The molecule has 0 unspecified atom stereocenters. The van der Waals surface area contributed by atoms with Crippen LogP contribution in [0.25, 0.3) is 10.9 Å². The van der Waals surface area contributed by atoms with E-state index in [2.05, 4.69) is 23.0 Å². The molecule has 0 atom stereocenters. The van der Waals surface area contributed by atoms with Gasteiger partial charge in [0.2, 0.25) is 0 Å². The van der Waals surface area contributed by atoms with Gasteiger partial charge in [0.1, 0.15) is 11.4 Å². The van der Waals surface area contributed by atoms with Crippen LogP contribution in [0.5, 0.6) is 5.75 Å². The number of hydrogen-bond acceptors (Lipinski definition) is 4. The molecule has 0 saturated carbocycles. The minimum absolute atomic E-state index is 0.0758. The van der Waals surface area contributed by atoms with Crippen molar-refractivity contribution in [2.45, 2.75) is 19.8 Å². The van der Waals surface area contributed by atoms with Crippen molar-refractivity contribution >= 4 is 63.2 Å². The topological polar surface area (TPSA) is 101 Å². The maximum Gasteiger partial charge on any atom is 0.328 e. The number of rotatable bonds is 8. The molecule has 0 spiro atoms. The molecule has 0 aliphatic rings. The van der Waals surface area contributed by atoms with E-state index >= 15 is 0 Å². The Morgan fingerprint density at radius 1 is 0.892 bits per heavy atom. The highest BCUT2D eigenvalue weighted by Gasteiger charge is 2.21. The Hall–Kier alpha value is -4.01. The summed E-state index contributed by atoms with van der Waals surface area (Å²) in [5.74, 6) is -1.75. The summed E-state index contributed by atoms with van der Waals surface area (Å²) in [6.07, 6.45) is 1.97. The fourth-order valence-corrected chi connectivity index (χ4v) is 3.90. The molecule has 0 aliphatic heterocycles. The molecule has 0 fully saturated rings. The highest BCUT2D eigenvalue weighted by molar-refractivity contribution is 6.42. The first-order valence-electron chi connectivity index (χ1n) is 11.6. The van der Waals surface area contributed by atoms with Crippen molar-refractivity contribution in [1.29, 1.82) is 0 Å². The number of halogens is 2. The van der Waals surface area contributed by atoms with Crippen LogP contribution in [-0.4, -0.2) is 29.0 Å². The van der Waals surface area contributed by atoms with Crippen molar-refractivity contribution in [1.82, 2.24) is 4.68 Å². The maximum atomic E-state index is 13.1. The van der Waals surface area contributed by atoms with Crippen molar-refractivity contribution in [3.05, 3.63) is 88.5 Å². The Labute approximate surface area is 223 Å². The van der Waals surface area contributed by atoms with Gasteiger partial charge in [-0.05, 0) is 67.1 Å². The molecule has 4 aromatic rings. The molecule has 0 bridgehead atoms. The van der Waals surface area contributed by atoms with Gasteiger partial charge in [-0.25, -0.2) is 4.68 Å². The third kappa shape index (κ3) is 6.41. The minimum Gasteiger partial charge on any atom is -0.494 e. The van der Waals surface area contributed by atoms with Gasteiger partial charge in [0.05, 0.1) is 22.8 Å². The average molecular weight is 539 g/mol. The fourth-order valence-electron chi connectivity index (χ4n) is 3.53. The van der Waals surface area contributed by atoms with Crippen molar-refractivity contribution in [3.63, 3.8) is 0 Å². The molecule has 3 amide bonds. The lowest BCUT2D eigenvalue weighted by Gasteiger charge is -2.13. The van der Waals surface area contributed by atoms with Crippen LogP contribution in [0, 0.1) is 0 Å². The van der Waals surface area contributed by atoms with Crippen molar-refractivity contribution < 1.29 is 19.1 Å². The number of amides is 3. The second-order valence-electron chi connectivity index (χ2n) is 8.12. The first-order valence-corrected chi connectivity index (χ1v) is 12.3. The smallest absolute Gasteiger partial charge is 0.328 e. The summed E-state index contributed by atoms with van der Waals surface area (Å²) in [5.41, 5.74) is 3.87. The first-order chi connectivity index (χ1) is 17.9. The summed E-state index contributed by atoms with van der Waals surface area (Å²) >= 11 is 12.3. The second-order valence-corrected chi connectivity index (χ2v) is 8.97. The van der Waals surface area contributed by atoms with Crippen LogP contribution < -0.4 is 20.8 Å². The lowest BCUT2D eigenvalue weighted by molar-refractivity contribution is -0.133. The van der Waals surface area contributed by atoms with Crippen molar-refractivity contribution in [2.75, 3.05) is 22.7 Å². The zero-order valence-electron chi connectivity index (χ0n) is 19.9. The van der Waals surface area contributed by atoms with Gasteiger partial charge in [0.15, 0.2) is 0 Å². The number of fused-ring (bicyclic) bond motifs is 1. The zero-order valence-corrected chi connectivity index (χ0v) is 21.4. The summed E-state index contributed by atoms with van der Waals surface area (Å²) < 4.78 is 6.85. The van der Waals surface area contributed by atoms with Crippen LogP contribution in [0.2, 0.25) is 10.0 Å². The predicted molar refractivity (Wildman–Crippen MR) is 146 cm³/mol. The molecule has 37 heavy (non-hydrogen) atoms. The number of hydrogen-bond donors (Lipinski definition) is 3. The summed E-state index contributed by atoms with van der Waals surface area (Å²) in [6.45, 7) is 2.68. The number of carbonyl (C=O) groups excluding carboxylic acids is 3. The van der Waals surface area contributed by atoms with Crippen molar-refractivity contribution in [2.24, 2.45) is 0 Å². The number of aromatic nitrogens is 1. The molecular formula is C27H24Cl2N4O4. The van der Waals surface area contributed by atoms with E-state index in [1.54, 1.807) is 72.8 Å². The van der Waals surface area contributed by atoms with Gasteiger partial charge in [-0.1, -0.05) is 48.7 Å². The van der Waals surface area contributed by atoms with Gasteiger partial charge in [-0.3, -0.25) is 19.8 Å². The SMILES string of the molecule is CCCCOc1ccc(NC(=O)C(=O)Nn2c(C(=O)Nc3ccccc3Cl)cc3cc(Cl)ccc32)cc1. The zero-order chi connectivity index (χ0) is 26.4. The first kappa shape index (κ1) is 26.1. The highest BCUT2D eigenvalue weighted by atomic mass is 35.5. The number of nitrogens with one attached hydrogen (secondary N) is 3. The van der Waals surface area contributed by atoms with E-state index in [1.165, 1.54) is 4.68 Å². The molecule has 3 N–H and O–H groups in total. The molecule has 4 rings (SSSR count). The van der Waals surface area contributed by atoms with Gasteiger partial charge in [-0.2, -0.15) is 0 Å². The number of ether oxygens (including phenoxy) is 1. The van der Waals surface area contributed by atoms with E-state index in [1.807, 2.05) is 0 Å². The van der Waals surface area contributed by atoms with Gasteiger partial charge >= 0.3 is 11.8 Å². The van der Waals surface area contributed by atoms with Crippen LogP contribution >= 0.6 is 23.2 Å². The van der Waals surface area contributed by atoms with Gasteiger partial charge in [0, 0.05) is 16.1 Å². The van der Waals surface area contributed by atoms with E-state index < -0.39 is 17.7 Å². The number of carbonyl (C=O) groups is 3. The van der Waals surface area contributed by atoms with Gasteiger partial charge in [0.25, 0.3) is 5.91 Å². The van der Waals surface area contributed by atoms with E-state index in [-0.39, 0.29) is 5.69 Å². The Bertz CT molecular complexity index is 1450. The van der Waals surface area contributed by atoms with E-state index in [4.69, 9.17) is 27.9 Å². The normalized spacial score (nSPS) is 10.7. The molecule has 3 aromatic carbocycles. The molecule has 8 nitrogen and oxygen atoms in total. The molecule has 190 valence electrons.